The minimum absolute atomic E-state index is 0. The first-order valence-electron chi connectivity index (χ1n) is 5.47. The van der Waals surface area contributed by atoms with E-state index in [-0.39, 0.29) is 24.0 Å². The lowest BCUT2D eigenvalue weighted by Crippen LogP contribution is -2.30. The predicted octanol–water partition coefficient (Wildman–Crippen LogP) is 3.57. The van der Waals surface area contributed by atoms with Gasteiger partial charge >= 0.3 is 0 Å². The summed E-state index contributed by atoms with van der Waals surface area (Å²) in [7, 11) is 0. The van der Waals surface area contributed by atoms with Gasteiger partial charge in [0.2, 0.25) is 0 Å². The second-order valence-electron chi connectivity index (χ2n) is 4.93. The number of aliphatic imine (C=N–C) groups is 1. The monoisotopic (exact) mass is 323 g/mol. The molecule has 0 amide bonds. The Bertz CT molecular complexity index is 240. The van der Waals surface area contributed by atoms with Gasteiger partial charge in [0.15, 0.2) is 0 Å². The van der Waals surface area contributed by atoms with Crippen LogP contribution in [0.3, 0.4) is 0 Å². The van der Waals surface area contributed by atoms with Crippen LogP contribution in [0.15, 0.2) is 4.99 Å². The van der Waals surface area contributed by atoms with E-state index in [0.717, 1.165) is 17.8 Å². The van der Waals surface area contributed by atoms with Crippen LogP contribution in [0, 0.1) is 17.8 Å². The van der Waals surface area contributed by atoms with Gasteiger partial charge in [-0.1, -0.05) is 0 Å². The molecule has 2 saturated carbocycles. The van der Waals surface area contributed by atoms with Gasteiger partial charge in [-0.05, 0) is 50.2 Å². The molecule has 0 radical (unpaired) electrons. The van der Waals surface area contributed by atoms with Gasteiger partial charge in [0, 0.05) is 5.92 Å². The Kier molecular flexibility index (Phi) is 3.47. The van der Waals surface area contributed by atoms with Gasteiger partial charge in [-0.15, -0.1) is 35.7 Å². The third kappa shape index (κ3) is 1.86. The Morgan fingerprint density at radius 3 is 2.29 bits per heavy atom. The minimum Gasteiger partial charge on any atom is -0.279 e. The van der Waals surface area contributed by atoms with Crippen LogP contribution in [0.25, 0.3) is 0 Å². The fraction of sp³-hybridized carbons (Fsp3) is 0.909. The molecule has 0 aromatic heterocycles. The maximum atomic E-state index is 4.92. The summed E-state index contributed by atoms with van der Waals surface area (Å²) in [6, 6.07) is 0.707. The van der Waals surface area contributed by atoms with Crippen molar-refractivity contribution in [2.75, 3.05) is 6.26 Å². The Labute approximate surface area is 108 Å². The van der Waals surface area contributed by atoms with Crippen molar-refractivity contribution >= 4 is 40.8 Å². The van der Waals surface area contributed by atoms with Crippen molar-refractivity contribution in [2.45, 2.75) is 38.1 Å². The van der Waals surface area contributed by atoms with Gasteiger partial charge in [-0.3, -0.25) is 4.99 Å². The van der Waals surface area contributed by atoms with Gasteiger partial charge < -0.3 is 0 Å². The number of thioether (sulfide) groups is 1. The molecule has 2 heterocycles. The summed E-state index contributed by atoms with van der Waals surface area (Å²) < 4.78 is 0. The van der Waals surface area contributed by atoms with E-state index in [1.165, 1.54) is 37.1 Å². The zero-order valence-electron chi connectivity index (χ0n) is 8.61. The summed E-state index contributed by atoms with van der Waals surface area (Å²) in [5, 5.41) is 1.48. The van der Waals surface area contributed by atoms with Crippen LogP contribution in [0.4, 0.5) is 0 Å². The first-order chi connectivity index (χ1) is 6.35. The second-order valence-corrected chi connectivity index (χ2v) is 5.76. The number of rotatable bonds is 0. The lowest BCUT2D eigenvalue weighted by atomic mass is 9.68. The van der Waals surface area contributed by atoms with E-state index in [1.54, 1.807) is 0 Å². The van der Waals surface area contributed by atoms with E-state index >= 15 is 0 Å². The van der Waals surface area contributed by atoms with E-state index in [0.29, 0.717) is 6.04 Å². The van der Waals surface area contributed by atoms with Crippen LogP contribution in [0.2, 0.25) is 0 Å². The molecule has 3 heteroatoms. The van der Waals surface area contributed by atoms with Crippen LogP contribution in [0.5, 0.6) is 0 Å². The third-order valence-corrected chi connectivity index (χ3v) is 4.84. The Morgan fingerprint density at radius 2 is 1.71 bits per heavy atom. The molecule has 4 bridgehead atoms. The van der Waals surface area contributed by atoms with Crippen molar-refractivity contribution in [2.24, 2.45) is 22.7 Å². The highest BCUT2D eigenvalue weighted by molar-refractivity contribution is 14.0. The van der Waals surface area contributed by atoms with Gasteiger partial charge in [-0.2, -0.15) is 0 Å². The molecule has 2 fully saturated rings. The van der Waals surface area contributed by atoms with Crippen molar-refractivity contribution in [3.63, 3.8) is 0 Å². The van der Waals surface area contributed by atoms with Crippen molar-refractivity contribution < 1.29 is 0 Å². The van der Waals surface area contributed by atoms with Crippen LogP contribution in [0.1, 0.15) is 32.1 Å². The summed E-state index contributed by atoms with van der Waals surface area (Å²) in [6.07, 6.45) is 9.42. The average molecular weight is 323 g/mol. The molecular formula is C11H18INS. The fourth-order valence-electron chi connectivity index (χ4n) is 3.63. The highest BCUT2D eigenvalue weighted by Crippen LogP contribution is 2.47. The Morgan fingerprint density at radius 1 is 1.07 bits per heavy atom. The number of nitrogens with zero attached hydrogens (tertiary/aromatic N) is 1. The van der Waals surface area contributed by atoms with Crippen molar-refractivity contribution in [1.29, 1.82) is 0 Å². The molecule has 4 aliphatic rings. The zero-order chi connectivity index (χ0) is 8.84. The molecule has 80 valence electrons. The van der Waals surface area contributed by atoms with E-state index in [1.807, 2.05) is 11.8 Å². The number of hydrogen-bond acceptors (Lipinski definition) is 2. The summed E-state index contributed by atoms with van der Waals surface area (Å²) in [5.41, 5.74) is 0. The Balaban J connectivity index is 0.000000750. The van der Waals surface area contributed by atoms with Crippen LogP contribution >= 0.6 is 35.7 Å². The summed E-state index contributed by atoms with van der Waals surface area (Å²) in [6.45, 7) is 0. The Hall–Kier alpha value is 0.750. The molecule has 4 rings (SSSR count). The molecule has 0 N–H and O–H groups in total. The van der Waals surface area contributed by atoms with E-state index in [4.69, 9.17) is 4.99 Å². The van der Waals surface area contributed by atoms with E-state index in [2.05, 4.69) is 6.26 Å². The molecule has 2 unspecified atom stereocenters. The molecular weight excluding hydrogens is 305 g/mol. The van der Waals surface area contributed by atoms with Crippen LogP contribution in [-0.4, -0.2) is 17.3 Å². The standard InChI is InChI=1S/C11H17NS.HI/c1-13-11-9-3-7-2-8(4-9)6-10(5-7)12-11;/h7-10H,2-6H2,1H3;1H. The van der Waals surface area contributed by atoms with Gasteiger partial charge in [-0.25, -0.2) is 0 Å². The maximum absolute atomic E-state index is 4.92. The van der Waals surface area contributed by atoms with Crippen molar-refractivity contribution in [3.8, 4) is 0 Å². The van der Waals surface area contributed by atoms with E-state index in [9.17, 15) is 0 Å². The minimum atomic E-state index is 0. The first-order valence-corrected chi connectivity index (χ1v) is 6.69. The molecule has 14 heavy (non-hydrogen) atoms. The summed E-state index contributed by atoms with van der Waals surface area (Å²) in [4.78, 5) is 4.92. The number of halogens is 1. The highest BCUT2D eigenvalue weighted by atomic mass is 127. The first kappa shape index (κ1) is 11.2. The average Bonchev–Trinajstić information content (AvgIpc) is 2.29. The topological polar surface area (TPSA) is 12.4 Å². The molecule has 2 aliphatic carbocycles. The molecule has 0 aromatic rings. The highest BCUT2D eigenvalue weighted by Gasteiger charge is 2.40. The predicted molar refractivity (Wildman–Crippen MR) is 73.7 cm³/mol. The SMILES string of the molecule is CSC1=NC2CC3CC(C2)CC1C3.I. The molecule has 2 aliphatic heterocycles. The van der Waals surface area contributed by atoms with Crippen LogP contribution in [-0.2, 0) is 0 Å². The van der Waals surface area contributed by atoms with Crippen molar-refractivity contribution in [1.82, 2.24) is 0 Å². The molecule has 0 saturated heterocycles. The lowest BCUT2D eigenvalue weighted by Gasteiger charge is -2.37. The molecule has 2 atom stereocenters. The third-order valence-electron chi connectivity index (χ3n) is 3.98. The quantitative estimate of drug-likeness (QED) is 0.621. The largest absolute Gasteiger partial charge is 0.279 e. The lowest BCUT2D eigenvalue weighted by molar-refractivity contribution is 0.162. The van der Waals surface area contributed by atoms with Gasteiger partial charge in [0.05, 0.1) is 11.1 Å². The van der Waals surface area contributed by atoms with E-state index < -0.39 is 0 Å². The number of hydrogen-bond donors (Lipinski definition) is 0. The molecule has 0 spiro atoms. The normalized spacial score (nSPS) is 44.2. The van der Waals surface area contributed by atoms with Crippen LogP contribution < -0.4 is 0 Å². The summed E-state index contributed by atoms with van der Waals surface area (Å²) >= 11 is 1.91. The fourth-order valence-corrected chi connectivity index (χ4v) is 4.41. The zero-order valence-corrected chi connectivity index (χ0v) is 11.8. The molecule has 0 aromatic carbocycles. The van der Waals surface area contributed by atoms with Gasteiger partial charge in [0.25, 0.3) is 0 Å². The smallest absolute Gasteiger partial charge is 0.0707 e. The molecule has 1 nitrogen and oxygen atoms in total. The van der Waals surface area contributed by atoms with Crippen molar-refractivity contribution in [3.05, 3.63) is 0 Å². The summed E-state index contributed by atoms with van der Waals surface area (Å²) in [5.74, 6) is 2.90. The van der Waals surface area contributed by atoms with Gasteiger partial charge in [0.1, 0.15) is 0 Å². The maximum Gasteiger partial charge on any atom is 0.0707 e. The second kappa shape index (κ2) is 4.32.